The average Bonchev–Trinajstić information content (AvgIpc) is 3.12. The minimum Gasteiger partial charge on any atom is -0.272 e. The number of hydrogen-bond donors (Lipinski definition) is 1. The summed E-state index contributed by atoms with van der Waals surface area (Å²) in [5.74, 6) is 0.553. The molecule has 0 bridgehead atoms. The molecule has 0 aliphatic heterocycles. The number of aromatic amines is 1. The van der Waals surface area contributed by atoms with Crippen LogP contribution >= 0.6 is 12.2 Å². The van der Waals surface area contributed by atoms with E-state index in [4.69, 9.17) is 12.2 Å². The molecular formula is C23H22N4OS. The molecule has 0 fully saturated rings. The Morgan fingerprint density at radius 1 is 1.14 bits per heavy atom. The van der Waals surface area contributed by atoms with E-state index in [9.17, 15) is 4.79 Å². The predicted octanol–water partition coefficient (Wildman–Crippen LogP) is 4.49. The lowest BCUT2D eigenvalue weighted by molar-refractivity contribution is 0.435. The molecule has 5 nitrogen and oxygen atoms in total. The summed E-state index contributed by atoms with van der Waals surface area (Å²) < 4.78 is 4.21. The van der Waals surface area contributed by atoms with E-state index >= 15 is 0 Å². The van der Waals surface area contributed by atoms with E-state index in [1.807, 2.05) is 40.8 Å². The van der Waals surface area contributed by atoms with Crippen molar-refractivity contribution in [2.75, 3.05) is 0 Å². The van der Waals surface area contributed by atoms with Gasteiger partial charge in [0.15, 0.2) is 0 Å². The van der Waals surface area contributed by atoms with E-state index in [2.05, 4.69) is 42.2 Å². The van der Waals surface area contributed by atoms with Crippen LogP contribution in [0.25, 0.3) is 17.0 Å². The van der Waals surface area contributed by atoms with Crippen LogP contribution in [-0.4, -0.2) is 19.2 Å². The van der Waals surface area contributed by atoms with Crippen molar-refractivity contribution < 1.29 is 0 Å². The molecule has 0 amide bonds. The molecule has 5 rings (SSSR count). The van der Waals surface area contributed by atoms with Crippen molar-refractivity contribution in [2.24, 2.45) is 0 Å². The van der Waals surface area contributed by atoms with Gasteiger partial charge in [-0.05, 0) is 36.2 Å². The largest absolute Gasteiger partial charge is 0.272 e. The summed E-state index contributed by atoms with van der Waals surface area (Å²) >= 11 is 5.61. The molecule has 2 heterocycles. The van der Waals surface area contributed by atoms with E-state index < -0.39 is 0 Å². The van der Waals surface area contributed by atoms with Crippen LogP contribution in [0.4, 0.5) is 0 Å². The summed E-state index contributed by atoms with van der Waals surface area (Å²) in [6, 6.07) is 18.3. The van der Waals surface area contributed by atoms with E-state index in [-0.39, 0.29) is 11.0 Å². The fourth-order valence-corrected chi connectivity index (χ4v) is 4.75. The minimum atomic E-state index is -0.264. The lowest BCUT2D eigenvalue weighted by Crippen LogP contribution is -2.40. The van der Waals surface area contributed by atoms with Gasteiger partial charge in [0.1, 0.15) is 0 Å². The highest BCUT2D eigenvalue weighted by Gasteiger charge is 2.38. The Morgan fingerprint density at radius 3 is 2.62 bits per heavy atom. The average molecular weight is 403 g/mol. The standard InChI is InChI=1S/C23H22N4OS/c1-3-23(2)13-16-11-7-8-12-17(16)19-18(23)20(28)26(14-15-9-5-4-6-10-15)21-24-25-22(29)27(19)21/h4-12H,3,13-14H2,1-2H3,(H,25,29). The lowest BCUT2D eigenvalue weighted by Gasteiger charge is -2.36. The van der Waals surface area contributed by atoms with Crippen LogP contribution < -0.4 is 5.56 Å². The summed E-state index contributed by atoms with van der Waals surface area (Å²) in [5, 5.41) is 7.35. The molecule has 29 heavy (non-hydrogen) atoms. The van der Waals surface area contributed by atoms with Crippen molar-refractivity contribution in [3.8, 4) is 11.3 Å². The van der Waals surface area contributed by atoms with E-state index in [0.29, 0.717) is 17.1 Å². The van der Waals surface area contributed by atoms with Gasteiger partial charge in [-0.1, -0.05) is 68.4 Å². The summed E-state index contributed by atoms with van der Waals surface area (Å²) in [5.41, 5.74) is 4.84. The first kappa shape index (κ1) is 18.1. The molecule has 1 atom stereocenters. The zero-order chi connectivity index (χ0) is 20.2. The van der Waals surface area contributed by atoms with Crippen LogP contribution in [0, 0.1) is 4.77 Å². The van der Waals surface area contributed by atoms with Gasteiger partial charge in [0.05, 0.1) is 12.2 Å². The quantitative estimate of drug-likeness (QED) is 0.514. The van der Waals surface area contributed by atoms with Gasteiger partial charge in [-0.25, -0.2) is 5.10 Å². The normalized spacial score (nSPS) is 17.9. The number of fused-ring (bicyclic) bond motifs is 5. The number of nitrogens with one attached hydrogen (secondary N) is 1. The van der Waals surface area contributed by atoms with Gasteiger partial charge in [0, 0.05) is 16.5 Å². The Hall–Kier alpha value is -2.99. The van der Waals surface area contributed by atoms with Gasteiger partial charge < -0.3 is 0 Å². The van der Waals surface area contributed by atoms with Crippen LogP contribution in [0.2, 0.25) is 0 Å². The number of H-pyrrole nitrogens is 1. The number of nitrogens with zero attached hydrogens (tertiary/aromatic N) is 3. The zero-order valence-electron chi connectivity index (χ0n) is 16.5. The van der Waals surface area contributed by atoms with E-state index in [1.54, 1.807) is 4.57 Å². The maximum absolute atomic E-state index is 13.9. The first-order valence-corrected chi connectivity index (χ1v) is 10.3. The van der Waals surface area contributed by atoms with Crippen molar-refractivity contribution in [1.82, 2.24) is 19.2 Å². The van der Waals surface area contributed by atoms with Crippen molar-refractivity contribution in [2.45, 2.75) is 38.6 Å². The van der Waals surface area contributed by atoms with Gasteiger partial charge in [-0.2, -0.15) is 0 Å². The fourth-order valence-electron chi connectivity index (χ4n) is 4.53. The third-order valence-corrected chi connectivity index (χ3v) is 6.51. The highest BCUT2D eigenvalue weighted by atomic mass is 32.1. The minimum absolute atomic E-state index is 0.0178. The van der Waals surface area contributed by atoms with Gasteiger partial charge >= 0.3 is 0 Å². The lowest BCUT2D eigenvalue weighted by atomic mass is 9.69. The third kappa shape index (κ3) is 2.63. The molecular weight excluding hydrogens is 380 g/mol. The SMILES string of the molecule is CCC1(C)Cc2ccccc2-c2c1c(=O)n(Cc1ccccc1)c1n[nH]c(=S)n21. The van der Waals surface area contributed by atoms with Crippen LogP contribution in [-0.2, 0) is 18.4 Å². The molecule has 0 saturated carbocycles. The Bertz CT molecular complexity index is 1350. The Morgan fingerprint density at radius 2 is 1.86 bits per heavy atom. The number of aromatic nitrogens is 4. The topological polar surface area (TPSA) is 55.1 Å². The summed E-state index contributed by atoms with van der Waals surface area (Å²) in [7, 11) is 0. The highest BCUT2D eigenvalue weighted by molar-refractivity contribution is 7.71. The summed E-state index contributed by atoms with van der Waals surface area (Å²) in [6.45, 7) is 4.79. The molecule has 1 aliphatic rings. The second-order valence-corrected chi connectivity index (χ2v) is 8.40. The third-order valence-electron chi connectivity index (χ3n) is 6.24. The van der Waals surface area contributed by atoms with Gasteiger partial charge in [-0.15, -0.1) is 5.10 Å². The molecule has 2 aromatic carbocycles. The Labute approximate surface area is 173 Å². The van der Waals surface area contributed by atoms with Crippen LogP contribution in [0.15, 0.2) is 59.4 Å². The van der Waals surface area contributed by atoms with Gasteiger partial charge in [0.25, 0.3) is 5.56 Å². The molecule has 1 N–H and O–H groups in total. The number of hydrogen-bond acceptors (Lipinski definition) is 3. The fraction of sp³-hybridized carbons (Fsp3) is 0.261. The van der Waals surface area contributed by atoms with Gasteiger partial charge in [0.2, 0.25) is 10.5 Å². The predicted molar refractivity (Wildman–Crippen MR) is 117 cm³/mol. The Kier molecular flexibility index (Phi) is 4.06. The second kappa shape index (κ2) is 6.52. The van der Waals surface area contributed by atoms with Crippen molar-refractivity contribution >= 4 is 18.0 Å². The smallest absolute Gasteiger partial charge is 0.259 e. The Balaban J connectivity index is 1.92. The van der Waals surface area contributed by atoms with Crippen LogP contribution in [0.1, 0.15) is 37.0 Å². The maximum atomic E-state index is 13.9. The summed E-state index contributed by atoms with van der Waals surface area (Å²) in [6.07, 6.45) is 1.70. The maximum Gasteiger partial charge on any atom is 0.259 e. The molecule has 1 aliphatic carbocycles. The number of rotatable bonds is 3. The van der Waals surface area contributed by atoms with Crippen LogP contribution in [0.3, 0.4) is 0 Å². The van der Waals surface area contributed by atoms with E-state index in [1.165, 1.54) is 5.56 Å². The highest BCUT2D eigenvalue weighted by Crippen LogP contribution is 2.43. The number of benzene rings is 2. The first-order valence-electron chi connectivity index (χ1n) is 9.90. The van der Waals surface area contributed by atoms with E-state index in [0.717, 1.165) is 35.2 Å². The second-order valence-electron chi connectivity index (χ2n) is 8.01. The van der Waals surface area contributed by atoms with Crippen molar-refractivity contribution in [3.63, 3.8) is 0 Å². The molecule has 0 saturated heterocycles. The first-order chi connectivity index (χ1) is 14.0. The molecule has 0 spiro atoms. The zero-order valence-corrected chi connectivity index (χ0v) is 17.3. The summed E-state index contributed by atoms with van der Waals surface area (Å²) in [4.78, 5) is 13.9. The molecule has 146 valence electrons. The molecule has 4 aromatic rings. The monoisotopic (exact) mass is 402 g/mol. The molecule has 6 heteroatoms. The van der Waals surface area contributed by atoms with Crippen LogP contribution in [0.5, 0.6) is 0 Å². The van der Waals surface area contributed by atoms with Crippen molar-refractivity contribution in [1.29, 1.82) is 0 Å². The van der Waals surface area contributed by atoms with Crippen molar-refractivity contribution in [3.05, 3.63) is 86.4 Å². The molecule has 0 radical (unpaired) electrons. The molecule has 1 unspecified atom stereocenters. The molecule has 2 aromatic heterocycles. The van der Waals surface area contributed by atoms with Gasteiger partial charge in [-0.3, -0.25) is 13.8 Å².